The van der Waals surface area contributed by atoms with Gasteiger partial charge in [-0.1, -0.05) is 30.3 Å². The molecule has 0 unspecified atom stereocenters. The highest BCUT2D eigenvalue weighted by Crippen LogP contribution is 2.48. The predicted octanol–water partition coefficient (Wildman–Crippen LogP) is 3.04. The molecule has 3 rings (SSSR count). The van der Waals surface area contributed by atoms with Gasteiger partial charge in [0.1, 0.15) is 6.61 Å². The number of hydrogen-bond acceptors (Lipinski definition) is 3. The summed E-state index contributed by atoms with van der Waals surface area (Å²) in [5.74, 6) is -1.07. The highest BCUT2D eigenvalue weighted by Gasteiger charge is 2.53. The lowest BCUT2D eigenvalue weighted by atomic mass is 9.63. The zero-order valence-corrected chi connectivity index (χ0v) is 12.5. The first-order valence-corrected chi connectivity index (χ1v) is 7.82. The largest absolute Gasteiger partial charge is 0.481 e. The summed E-state index contributed by atoms with van der Waals surface area (Å²) in [5, 5.41) is 9.09. The molecule has 5 heteroatoms. The minimum absolute atomic E-state index is 0.259. The van der Waals surface area contributed by atoms with Crippen molar-refractivity contribution in [2.75, 3.05) is 6.54 Å². The van der Waals surface area contributed by atoms with Gasteiger partial charge in [-0.2, -0.15) is 0 Å². The maximum absolute atomic E-state index is 12.4. The first-order valence-electron chi connectivity index (χ1n) is 7.82. The summed E-state index contributed by atoms with van der Waals surface area (Å²) in [7, 11) is 0. The maximum atomic E-state index is 12.4. The van der Waals surface area contributed by atoms with Crippen molar-refractivity contribution in [2.45, 2.75) is 44.2 Å². The van der Waals surface area contributed by atoms with E-state index in [2.05, 4.69) is 0 Å². The molecule has 1 N–H and O–H groups in total. The monoisotopic (exact) mass is 303 g/mol. The van der Waals surface area contributed by atoms with Crippen molar-refractivity contribution in [2.24, 2.45) is 5.92 Å². The van der Waals surface area contributed by atoms with Crippen LogP contribution in [0.1, 0.15) is 37.7 Å². The molecule has 0 atom stereocenters. The molecule has 1 aliphatic carbocycles. The maximum Gasteiger partial charge on any atom is 0.410 e. The van der Waals surface area contributed by atoms with E-state index in [0.717, 1.165) is 24.8 Å². The second-order valence-electron chi connectivity index (χ2n) is 6.32. The fourth-order valence-corrected chi connectivity index (χ4v) is 3.63. The van der Waals surface area contributed by atoms with E-state index >= 15 is 0 Å². The third kappa shape index (κ3) is 2.80. The molecule has 0 aromatic heterocycles. The molecular formula is C17H21NO4. The number of ether oxygens (including phenoxy) is 1. The summed E-state index contributed by atoms with van der Waals surface area (Å²) >= 11 is 0. The topological polar surface area (TPSA) is 66.8 Å². The summed E-state index contributed by atoms with van der Waals surface area (Å²) in [6.45, 7) is 0.925. The van der Waals surface area contributed by atoms with Crippen LogP contribution in [0.3, 0.4) is 0 Å². The molecule has 1 spiro atoms. The Labute approximate surface area is 129 Å². The summed E-state index contributed by atoms with van der Waals surface area (Å²) in [6, 6.07) is 9.58. The number of hydrogen-bond donors (Lipinski definition) is 1. The van der Waals surface area contributed by atoms with E-state index in [1.807, 2.05) is 30.3 Å². The molecule has 1 aliphatic heterocycles. The van der Waals surface area contributed by atoms with Crippen LogP contribution in [-0.2, 0) is 16.1 Å². The van der Waals surface area contributed by atoms with Gasteiger partial charge in [-0.05, 0) is 37.7 Å². The first kappa shape index (κ1) is 14.9. The standard InChI is InChI=1S/C17H21NO4/c19-15(20)14-10-17(11-14)8-4-5-9-18(17)16(21)22-12-13-6-2-1-3-7-13/h1-3,6-7,14H,4-5,8-12H2,(H,19,20). The number of benzene rings is 1. The van der Waals surface area contributed by atoms with Crippen molar-refractivity contribution in [3.05, 3.63) is 35.9 Å². The number of carbonyl (C=O) groups is 2. The molecule has 2 aliphatic rings. The van der Waals surface area contributed by atoms with Gasteiger partial charge >= 0.3 is 12.1 Å². The lowest BCUT2D eigenvalue weighted by Crippen LogP contribution is -2.62. The molecule has 1 saturated carbocycles. The van der Waals surface area contributed by atoms with E-state index in [4.69, 9.17) is 9.84 Å². The highest BCUT2D eigenvalue weighted by atomic mass is 16.6. The van der Waals surface area contributed by atoms with Gasteiger partial charge < -0.3 is 14.7 Å². The lowest BCUT2D eigenvalue weighted by molar-refractivity contribution is -0.153. The van der Waals surface area contributed by atoms with Crippen molar-refractivity contribution >= 4 is 12.1 Å². The van der Waals surface area contributed by atoms with Crippen LogP contribution in [0.4, 0.5) is 4.79 Å². The molecule has 1 aromatic rings. The van der Waals surface area contributed by atoms with Crippen molar-refractivity contribution in [3.63, 3.8) is 0 Å². The Hall–Kier alpha value is -2.04. The lowest BCUT2D eigenvalue weighted by Gasteiger charge is -2.54. The number of amides is 1. The number of aliphatic carboxylic acids is 1. The minimum atomic E-state index is -0.756. The van der Waals surface area contributed by atoms with Crippen LogP contribution < -0.4 is 0 Å². The van der Waals surface area contributed by atoms with Gasteiger partial charge in [-0.15, -0.1) is 0 Å². The molecular weight excluding hydrogens is 282 g/mol. The van der Waals surface area contributed by atoms with Gasteiger partial charge in [0.2, 0.25) is 0 Å². The van der Waals surface area contributed by atoms with Crippen molar-refractivity contribution in [3.8, 4) is 0 Å². The number of rotatable bonds is 3. The van der Waals surface area contributed by atoms with Crippen LogP contribution in [0.15, 0.2) is 30.3 Å². The summed E-state index contributed by atoms with van der Waals surface area (Å²) in [5.41, 5.74) is 0.675. The number of carboxylic acids is 1. The van der Waals surface area contributed by atoms with Crippen LogP contribution in [0.25, 0.3) is 0 Å². The van der Waals surface area contributed by atoms with Crippen LogP contribution in [-0.4, -0.2) is 34.2 Å². The van der Waals surface area contributed by atoms with E-state index in [1.54, 1.807) is 4.90 Å². The van der Waals surface area contributed by atoms with Crippen LogP contribution >= 0.6 is 0 Å². The van der Waals surface area contributed by atoms with E-state index in [0.29, 0.717) is 19.4 Å². The SMILES string of the molecule is O=C(O)C1CC2(CCCCN2C(=O)OCc2ccccc2)C1. The van der Waals surface area contributed by atoms with Gasteiger partial charge in [0.05, 0.1) is 5.92 Å². The quantitative estimate of drug-likeness (QED) is 0.932. The fraction of sp³-hybridized carbons (Fsp3) is 0.529. The second kappa shape index (κ2) is 5.99. The number of nitrogens with zero attached hydrogens (tertiary/aromatic N) is 1. The van der Waals surface area contributed by atoms with Crippen LogP contribution in [0.5, 0.6) is 0 Å². The van der Waals surface area contributed by atoms with Gasteiger partial charge in [0.15, 0.2) is 0 Å². The predicted molar refractivity (Wildman–Crippen MR) is 80.3 cm³/mol. The number of carbonyl (C=O) groups excluding carboxylic acids is 1. The molecule has 0 radical (unpaired) electrons. The minimum Gasteiger partial charge on any atom is -0.481 e. The summed E-state index contributed by atoms with van der Waals surface area (Å²) < 4.78 is 5.43. The van der Waals surface area contributed by atoms with E-state index in [1.165, 1.54) is 0 Å². The van der Waals surface area contributed by atoms with Gasteiger partial charge in [-0.3, -0.25) is 4.79 Å². The van der Waals surface area contributed by atoms with E-state index in [-0.39, 0.29) is 24.2 Å². The fourth-order valence-electron chi connectivity index (χ4n) is 3.63. The molecule has 118 valence electrons. The van der Waals surface area contributed by atoms with Crippen LogP contribution in [0, 0.1) is 5.92 Å². The zero-order valence-electron chi connectivity index (χ0n) is 12.5. The molecule has 22 heavy (non-hydrogen) atoms. The first-order chi connectivity index (χ1) is 10.6. The Kier molecular flexibility index (Phi) is 4.05. The van der Waals surface area contributed by atoms with Crippen molar-refractivity contribution in [1.82, 2.24) is 4.90 Å². The van der Waals surface area contributed by atoms with E-state index < -0.39 is 5.97 Å². The average molecular weight is 303 g/mol. The Bertz CT molecular complexity index is 551. The molecule has 1 saturated heterocycles. The molecule has 0 bridgehead atoms. The smallest absolute Gasteiger partial charge is 0.410 e. The average Bonchev–Trinajstić information content (AvgIpc) is 2.51. The second-order valence-corrected chi connectivity index (χ2v) is 6.32. The van der Waals surface area contributed by atoms with Crippen LogP contribution in [0.2, 0.25) is 0 Å². The number of carboxylic acid groups (broad SMARTS) is 1. The molecule has 1 heterocycles. The molecule has 2 fully saturated rings. The number of likely N-dealkylation sites (tertiary alicyclic amines) is 1. The van der Waals surface area contributed by atoms with Crippen molar-refractivity contribution in [1.29, 1.82) is 0 Å². The normalized spacial score (nSPS) is 27.3. The third-order valence-electron chi connectivity index (χ3n) is 4.87. The Morgan fingerprint density at radius 3 is 2.64 bits per heavy atom. The Morgan fingerprint density at radius 2 is 1.95 bits per heavy atom. The van der Waals surface area contributed by atoms with Crippen molar-refractivity contribution < 1.29 is 19.4 Å². The molecule has 1 aromatic carbocycles. The highest BCUT2D eigenvalue weighted by molar-refractivity contribution is 5.74. The Balaban J connectivity index is 1.61. The zero-order chi connectivity index (χ0) is 15.6. The number of piperidine rings is 1. The van der Waals surface area contributed by atoms with Gasteiger partial charge in [-0.25, -0.2) is 4.79 Å². The van der Waals surface area contributed by atoms with Gasteiger partial charge in [0, 0.05) is 12.1 Å². The third-order valence-corrected chi connectivity index (χ3v) is 4.87. The Morgan fingerprint density at radius 1 is 1.23 bits per heavy atom. The summed E-state index contributed by atoms with van der Waals surface area (Å²) in [6.07, 6.45) is 3.70. The van der Waals surface area contributed by atoms with E-state index in [9.17, 15) is 9.59 Å². The molecule has 1 amide bonds. The molecule has 5 nitrogen and oxygen atoms in total. The summed E-state index contributed by atoms with van der Waals surface area (Å²) in [4.78, 5) is 25.2. The van der Waals surface area contributed by atoms with Gasteiger partial charge in [0.25, 0.3) is 0 Å².